The lowest BCUT2D eigenvalue weighted by Crippen LogP contribution is -2.35. The maximum absolute atomic E-state index is 13.3. The standard InChI is InChI=1S/C22H26F2N2O.ClH/c1-15(16-10-12-25-13-11-16)14-21(27)26-22(17-2-6-19(23)7-3-17)18-4-8-20(24)9-5-18;/h2-9,15-16,22,25H,10-14H2,1H3,(H,26,27);1H. The summed E-state index contributed by atoms with van der Waals surface area (Å²) in [7, 11) is 0. The van der Waals surface area contributed by atoms with Crippen molar-refractivity contribution < 1.29 is 13.6 Å². The molecule has 1 fully saturated rings. The van der Waals surface area contributed by atoms with Crippen LogP contribution in [0.3, 0.4) is 0 Å². The van der Waals surface area contributed by atoms with E-state index in [0.29, 0.717) is 18.3 Å². The van der Waals surface area contributed by atoms with E-state index in [1.165, 1.54) is 24.3 Å². The van der Waals surface area contributed by atoms with Gasteiger partial charge in [-0.15, -0.1) is 12.4 Å². The second-order valence-corrected chi connectivity index (χ2v) is 7.37. The third-order valence-electron chi connectivity index (χ3n) is 5.41. The van der Waals surface area contributed by atoms with E-state index < -0.39 is 6.04 Å². The fourth-order valence-electron chi connectivity index (χ4n) is 3.76. The minimum atomic E-state index is -0.432. The van der Waals surface area contributed by atoms with Gasteiger partial charge in [-0.3, -0.25) is 4.79 Å². The van der Waals surface area contributed by atoms with Gasteiger partial charge in [-0.25, -0.2) is 8.78 Å². The van der Waals surface area contributed by atoms with Crippen molar-refractivity contribution in [2.45, 2.75) is 32.2 Å². The van der Waals surface area contributed by atoms with Gasteiger partial charge in [0.2, 0.25) is 5.91 Å². The van der Waals surface area contributed by atoms with Gasteiger partial charge < -0.3 is 10.6 Å². The summed E-state index contributed by atoms with van der Waals surface area (Å²) < 4.78 is 26.6. The fraction of sp³-hybridized carbons (Fsp3) is 0.409. The van der Waals surface area contributed by atoms with Gasteiger partial charge >= 0.3 is 0 Å². The molecule has 1 aliphatic rings. The molecule has 1 aliphatic heterocycles. The molecule has 28 heavy (non-hydrogen) atoms. The van der Waals surface area contributed by atoms with Crippen molar-refractivity contribution in [3.05, 3.63) is 71.3 Å². The first-order chi connectivity index (χ1) is 13.0. The summed E-state index contributed by atoms with van der Waals surface area (Å²) in [5.74, 6) is 0.144. The van der Waals surface area contributed by atoms with E-state index in [1.54, 1.807) is 24.3 Å². The zero-order valence-electron chi connectivity index (χ0n) is 16.0. The van der Waals surface area contributed by atoms with Crippen LogP contribution in [0.2, 0.25) is 0 Å². The molecule has 2 N–H and O–H groups in total. The van der Waals surface area contributed by atoms with E-state index in [9.17, 15) is 13.6 Å². The molecule has 1 unspecified atom stereocenters. The summed E-state index contributed by atoms with van der Waals surface area (Å²) in [6.07, 6.45) is 2.63. The molecular weight excluding hydrogens is 382 g/mol. The van der Waals surface area contributed by atoms with Gasteiger partial charge in [0.05, 0.1) is 6.04 Å². The summed E-state index contributed by atoms with van der Waals surface area (Å²) in [6, 6.07) is 11.7. The van der Waals surface area contributed by atoms with E-state index in [0.717, 1.165) is 37.1 Å². The lowest BCUT2D eigenvalue weighted by Gasteiger charge is -2.28. The highest BCUT2D eigenvalue weighted by Gasteiger charge is 2.24. The number of hydrogen-bond donors (Lipinski definition) is 2. The number of nitrogens with one attached hydrogen (secondary N) is 2. The number of hydrogen-bond acceptors (Lipinski definition) is 2. The Balaban J connectivity index is 0.00000280. The van der Waals surface area contributed by atoms with E-state index >= 15 is 0 Å². The molecule has 1 heterocycles. The van der Waals surface area contributed by atoms with Crippen LogP contribution in [-0.2, 0) is 4.79 Å². The van der Waals surface area contributed by atoms with E-state index in [1.807, 2.05) is 0 Å². The third-order valence-corrected chi connectivity index (χ3v) is 5.41. The summed E-state index contributed by atoms with van der Waals surface area (Å²) in [5, 5.41) is 6.40. The zero-order valence-corrected chi connectivity index (χ0v) is 16.8. The van der Waals surface area contributed by atoms with Crippen LogP contribution in [0.15, 0.2) is 48.5 Å². The van der Waals surface area contributed by atoms with Crippen molar-refractivity contribution in [3.8, 4) is 0 Å². The van der Waals surface area contributed by atoms with Crippen molar-refractivity contribution in [3.63, 3.8) is 0 Å². The van der Waals surface area contributed by atoms with E-state index in [4.69, 9.17) is 0 Å². The molecule has 152 valence electrons. The van der Waals surface area contributed by atoms with Crippen molar-refractivity contribution in [1.29, 1.82) is 0 Å². The molecule has 0 radical (unpaired) electrons. The Kier molecular flexibility index (Phi) is 8.39. The van der Waals surface area contributed by atoms with Gasteiger partial charge in [0.15, 0.2) is 0 Å². The van der Waals surface area contributed by atoms with Gasteiger partial charge in [0.1, 0.15) is 11.6 Å². The number of carbonyl (C=O) groups is 1. The lowest BCUT2D eigenvalue weighted by atomic mass is 9.84. The second-order valence-electron chi connectivity index (χ2n) is 7.37. The third kappa shape index (κ3) is 6.01. The molecule has 1 atom stereocenters. The highest BCUT2D eigenvalue weighted by Crippen LogP contribution is 2.26. The Morgan fingerprint density at radius 1 is 1.00 bits per heavy atom. The maximum Gasteiger partial charge on any atom is 0.221 e. The van der Waals surface area contributed by atoms with Crippen LogP contribution in [0, 0.1) is 23.5 Å². The number of halogens is 3. The molecule has 3 nitrogen and oxygen atoms in total. The molecule has 1 amide bonds. The van der Waals surface area contributed by atoms with Gasteiger partial charge in [-0.05, 0) is 73.2 Å². The Bertz CT molecular complexity index is 701. The van der Waals surface area contributed by atoms with Crippen molar-refractivity contribution >= 4 is 18.3 Å². The average Bonchev–Trinajstić information content (AvgIpc) is 2.68. The van der Waals surface area contributed by atoms with Crippen LogP contribution >= 0.6 is 12.4 Å². The summed E-state index contributed by atoms with van der Waals surface area (Å²) in [5.41, 5.74) is 1.54. The van der Waals surface area contributed by atoms with Crippen LogP contribution in [0.5, 0.6) is 0 Å². The van der Waals surface area contributed by atoms with Crippen molar-refractivity contribution in [2.24, 2.45) is 11.8 Å². The highest BCUT2D eigenvalue weighted by atomic mass is 35.5. The van der Waals surface area contributed by atoms with Crippen LogP contribution < -0.4 is 10.6 Å². The predicted molar refractivity (Wildman–Crippen MR) is 109 cm³/mol. The Morgan fingerprint density at radius 2 is 1.46 bits per heavy atom. The highest BCUT2D eigenvalue weighted by molar-refractivity contribution is 5.85. The van der Waals surface area contributed by atoms with Gasteiger partial charge in [-0.1, -0.05) is 31.2 Å². The topological polar surface area (TPSA) is 41.1 Å². The van der Waals surface area contributed by atoms with Crippen molar-refractivity contribution in [2.75, 3.05) is 13.1 Å². The second kappa shape index (κ2) is 10.5. The quantitative estimate of drug-likeness (QED) is 0.732. The monoisotopic (exact) mass is 408 g/mol. The molecule has 0 bridgehead atoms. The maximum atomic E-state index is 13.3. The van der Waals surface area contributed by atoms with Crippen LogP contribution in [0.25, 0.3) is 0 Å². The normalized spacial score (nSPS) is 15.7. The molecule has 0 aliphatic carbocycles. The summed E-state index contributed by atoms with van der Waals surface area (Å²) in [6.45, 7) is 4.13. The predicted octanol–water partition coefficient (Wildman–Crippen LogP) is 4.62. The minimum absolute atomic E-state index is 0. The lowest BCUT2D eigenvalue weighted by molar-refractivity contribution is -0.122. The molecule has 6 heteroatoms. The largest absolute Gasteiger partial charge is 0.345 e. The number of piperidine rings is 1. The molecule has 0 saturated carbocycles. The zero-order chi connectivity index (χ0) is 19.2. The van der Waals surface area contributed by atoms with Crippen LogP contribution in [-0.4, -0.2) is 19.0 Å². The first-order valence-corrected chi connectivity index (χ1v) is 9.54. The Morgan fingerprint density at radius 3 is 1.93 bits per heavy atom. The number of amides is 1. The summed E-state index contributed by atoms with van der Waals surface area (Å²) in [4.78, 5) is 12.7. The molecule has 2 aromatic carbocycles. The van der Waals surface area contributed by atoms with Crippen LogP contribution in [0.1, 0.15) is 43.4 Å². The minimum Gasteiger partial charge on any atom is -0.345 e. The van der Waals surface area contributed by atoms with Gasteiger partial charge in [-0.2, -0.15) is 0 Å². The van der Waals surface area contributed by atoms with Crippen molar-refractivity contribution in [1.82, 2.24) is 10.6 Å². The first kappa shape index (κ1) is 22.3. The smallest absolute Gasteiger partial charge is 0.221 e. The number of benzene rings is 2. The molecule has 3 rings (SSSR count). The number of carbonyl (C=O) groups excluding carboxylic acids is 1. The van der Waals surface area contributed by atoms with Crippen LogP contribution in [0.4, 0.5) is 8.78 Å². The SMILES string of the molecule is CC(CC(=O)NC(c1ccc(F)cc1)c1ccc(F)cc1)C1CCNCC1.Cl. The summed E-state index contributed by atoms with van der Waals surface area (Å²) >= 11 is 0. The molecule has 2 aromatic rings. The van der Waals surface area contributed by atoms with Gasteiger partial charge in [0.25, 0.3) is 0 Å². The molecular formula is C22H27ClF2N2O. The molecule has 0 spiro atoms. The number of rotatable bonds is 6. The van der Waals surface area contributed by atoms with E-state index in [-0.39, 0.29) is 29.9 Å². The Hall–Kier alpha value is -1.98. The molecule has 0 aromatic heterocycles. The van der Waals surface area contributed by atoms with E-state index in [2.05, 4.69) is 17.6 Å². The Labute approximate surface area is 171 Å². The molecule has 1 saturated heterocycles. The fourth-order valence-corrected chi connectivity index (χ4v) is 3.76. The van der Waals surface area contributed by atoms with Gasteiger partial charge in [0, 0.05) is 6.42 Å². The average molecular weight is 409 g/mol. The first-order valence-electron chi connectivity index (χ1n) is 9.54.